The second-order valence-electron chi connectivity index (χ2n) is 6.63. The lowest BCUT2D eigenvalue weighted by Gasteiger charge is -2.16. The summed E-state index contributed by atoms with van der Waals surface area (Å²) in [7, 11) is 0. The van der Waals surface area contributed by atoms with Crippen LogP contribution in [-0.4, -0.2) is 63.5 Å². The molecule has 0 spiro atoms. The van der Waals surface area contributed by atoms with E-state index in [0.29, 0.717) is 0 Å². The van der Waals surface area contributed by atoms with Crippen molar-refractivity contribution < 1.29 is 9.90 Å². The number of likely N-dealkylation sites (tertiary alicyclic amines) is 1. The molecule has 2 atom stereocenters. The van der Waals surface area contributed by atoms with Gasteiger partial charge >= 0.3 is 0 Å². The minimum atomic E-state index is 0.0000558. The highest BCUT2D eigenvalue weighted by Gasteiger charge is 2.25. The summed E-state index contributed by atoms with van der Waals surface area (Å²) in [6.07, 6.45) is 0.963. The number of aliphatic hydroxyl groups is 1. The Bertz CT molecular complexity index is 832. The van der Waals surface area contributed by atoms with Gasteiger partial charge in [-0.15, -0.1) is 11.8 Å². The van der Waals surface area contributed by atoms with Crippen LogP contribution in [0.25, 0.3) is 10.9 Å². The Hall–Kier alpha value is -1.99. The van der Waals surface area contributed by atoms with Gasteiger partial charge in [-0.2, -0.15) is 0 Å². The molecule has 2 aliphatic rings. The van der Waals surface area contributed by atoms with Crippen LogP contribution in [0.2, 0.25) is 0 Å². The highest BCUT2D eigenvalue weighted by Crippen LogP contribution is 2.29. The first kappa shape index (κ1) is 16.5. The molecule has 1 unspecified atom stereocenters. The molecule has 0 aliphatic carbocycles. The van der Waals surface area contributed by atoms with E-state index in [2.05, 4.69) is 33.5 Å². The molecule has 2 aliphatic heterocycles. The second kappa shape index (κ2) is 6.72. The highest BCUT2D eigenvalue weighted by molar-refractivity contribution is 8.14. The summed E-state index contributed by atoms with van der Waals surface area (Å²) in [6.45, 7) is 3.28. The van der Waals surface area contributed by atoms with E-state index >= 15 is 0 Å². The third-order valence-electron chi connectivity index (χ3n) is 4.80. The van der Waals surface area contributed by atoms with Gasteiger partial charge in [0.05, 0.1) is 29.5 Å². The topological polar surface area (TPSA) is 80.7 Å². The minimum Gasteiger partial charge on any atom is -0.394 e. The van der Waals surface area contributed by atoms with Crippen molar-refractivity contribution in [2.24, 2.45) is 4.99 Å². The molecule has 7 heteroatoms. The summed E-state index contributed by atoms with van der Waals surface area (Å²) in [5, 5.41) is 14.9. The van der Waals surface area contributed by atoms with E-state index in [4.69, 9.17) is 0 Å². The number of fused-ring (bicyclic) bond motifs is 1. The van der Waals surface area contributed by atoms with Crippen LogP contribution >= 0.6 is 11.8 Å². The Balaban J connectivity index is 1.57. The van der Waals surface area contributed by atoms with Gasteiger partial charge in [-0.1, -0.05) is 12.1 Å². The summed E-state index contributed by atoms with van der Waals surface area (Å²) < 4.78 is 0. The number of hydrogen-bond acceptors (Lipinski definition) is 5. The lowest BCUT2D eigenvalue weighted by atomic mass is 10.2. The normalized spacial score (nSPS) is 23.3. The molecule has 1 saturated heterocycles. The van der Waals surface area contributed by atoms with Crippen molar-refractivity contribution in [1.82, 2.24) is 9.88 Å². The smallest absolute Gasteiger partial charge is 0.219 e. The van der Waals surface area contributed by atoms with E-state index in [9.17, 15) is 9.90 Å². The number of para-hydroxylation sites is 1. The number of benzene rings is 1. The molecule has 25 heavy (non-hydrogen) atoms. The zero-order valence-corrected chi connectivity index (χ0v) is 15.0. The van der Waals surface area contributed by atoms with E-state index in [1.807, 2.05) is 11.0 Å². The van der Waals surface area contributed by atoms with Gasteiger partial charge in [-0.3, -0.25) is 9.79 Å². The van der Waals surface area contributed by atoms with Crippen molar-refractivity contribution >= 4 is 39.3 Å². The molecule has 0 radical (unpaired) electrons. The van der Waals surface area contributed by atoms with Crippen molar-refractivity contribution in [2.45, 2.75) is 25.4 Å². The maximum atomic E-state index is 11.5. The number of hydrogen-bond donors (Lipinski definition) is 3. The van der Waals surface area contributed by atoms with Gasteiger partial charge in [0, 0.05) is 37.2 Å². The molecule has 1 aromatic carbocycles. The molecular weight excluding hydrogens is 336 g/mol. The van der Waals surface area contributed by atoms with E-state index in [1.54, 1.807) is 18.7 Å². The second-order valence-corrected chi connectivity index (χ2v) is 7.64. The summed E-state index contributed by atoms with van der Waals surface area (Å²) in [4.78, 5) is 21.5. The lowest BCUT2D eigenvalue weighted by Crippen LogP contribution is -2.29. The molecular formula is C18H22N4O2S. The zero-order chi connectivity index (χ0) is 17.4. The molecule has 0 bridgehead atoms. The maximum absolute atomic E-state index is 11.5. The largest absolute Gasteiger partial charge is 0.394 e. The minimum absolute atomic E-state index is 0.0000558. The fraction of sp³-hybridized carbons (Fsp3) is 0.444. The Labute approximate surface area is 150 Å². The first-order valence-corrected chi connectivity index (χ1v) is 9.58. The van der Waals surface area contributed by atoms with Crippen LogP contribution in [-0.2, 0) is 4.79 Å². The molecule has 2 aromatic rings. The first-order valence-electron chi connectivity index (χ1n) is 8.59. The van der Waals surface area contributed by atoms with Crippen molar-refractivity contribution in [1.29, 1.82) is 0 Å². The highest BCUT2D eigenvalue weighted by atomic mass is 32.2. The number of carbonyl (C=O) groups excluding carboxylic acids is 1. The fourth-order valence-electron chi connectivity index (χ4n) is 3.43. The predicted molar refractivity (Wildman–Crippen MR) is 102 cm³/mol. The molecule has 1 aromatic heterocycles. The zero-order valence-electron chi connectivity index (χ0n) is 14.2. The van der Waals surface area contributed by atoms with Crippen LogP contribution in [0.3, 0.4) is 0 Å². The standard InChI is InChI=1S/C18H22N4O2S/c1-11(24)22-6-5-13(8-22)19-15-4-2-3-12-7-16(21-17(12)15)18-20-14(9-23)10-25-18/h2-4,7,13-14,19,21,23H,5-6,8-10H2,1H3/t13-,14?/m1/s1. The summed E-state index contributed by atoms with van der Waals surface area (Å²) in [5.74, 6) is 0.967. The summed E-state index contributed by atoms with van der Waals surface area (Å²) >= 11 is 1.68. The van der Waals surface area contributed by atoms with Crippen molar-refractivity contribution in [3.05, 3.63) is 30.0 Å². The van der Waals surface area contributed by atoms with Crippen LogP contribution in [0, 0.1) is 0 Å². The van der Waals surface area contributed by atoms with Crippen LogP contribution < -0.4 is 5.32 Å². The van der Waals surface area contributed by atoms with Gasteiger partial charge < -0.3 is 20.3 Å². The number of aliphatic imine (C=N–C) groups is 1. The average Bonchev–Trinajstić information content (AvgIpc) is 3.33. The van der Waals surface area contributed by atoms with Crippen molar-refractivity contribution in [3.63, 3.8) is 0 Å². The van der Waals surface area contributed by atoms with Gasteiger partial charge in [0.25, 0.3) is 0 Å². The Kier molecular flexibility index (Phi) is 4.43. The van der Waals surface area contributed by atoms with Gasteiger partial charge in [-0.25, -0.2) is 0 Å². The average molecular weight is 358 g/mol. The van der Waals surface area contributed by atoms with Gasteiger partial charge in [0.2, 0.25) is 5.91 Å². The fourth-order valence-corrected chi connectivity index (χ4v) is 4.45. The van der Waals surface area contributed by atoms with Crippen LogP contribution in [0.1, 0.15) is 19.0 Å². The summed E-state index contributed by atoms with van der Waals surface area (Å²) in [6, 6.07) is 8.58. The number of H-pyrrole nitrogens is 1. The number of carbonyl (C=O) groups is 1. The Morgan fingerprint density at radius 1 is 1.52 bits per heavy atom. The molecule has 1 fully saturated rings. The van der Waals surface area contributed by atoms with Gasteiger partial charge in [0.15, 0.2) is 0 Å². The van der Waals surface area contributed by atoms with Gasteiger partial charge in [0.1, 0.15) is 5.04 Å². The number of nitrogens with one attached hydrogen (secondary N) is 2. The van der Waals surface area contributed by atoms with E-state index in [0.717, 1.165) is 52.6 Å². The SMILES string of the molecule is CC(=O)N1CC[C@@H](Nc2cccc3cc(C4=NC(CO)CS4)[nH]c23)C1. The van der Waals surface area contributed by atoms with Gasteiger partial charge in [-0.05, 0) is 18.6 Å². The Morgan fingerprint density at radius 2 is 2.40 bits per heavy atom. The van der Waals surface area contributed by atoms with Crippen LogP contribution in [0.15, 0.2) is 29.3 Å². The number of thioether (sulfide) groups is 1. The molecule has 4 rings (SSSR count). The number of aliphatic hydroxyl groups excluding tert-OH is 1. The molecule has 1 amide bonds. The monoisotopic (exact) mass is 358 g/mol. The third-order valence-corrected chi connectivity index (χ3v) is 5.95. The number of anilines is 1. The van der Waals surface area contributed by atoms with Crippen molar-refractivity contribution in [2.75, 3.05) is 30.8 Å². The molecule has 6 nitrogen and oxygen atoms in total. The maximum Gasteiger partial charge on any atom is 0.219 e. The number of amides is 1. The molecule has 132 valence electrons. The lowest BCUT2D eigenvalue weighted by molar-refractivity contribution is -0.127. The van der Waals surface area contributed by atoms with Crippen molar-refractivity contribution in [3.8, 4) is 0 Å². The third kappa shape index (κ3) is 3.26. The number of nitrogens with zero attached hydrogens (tertiary/aromatic N) is 2. The summed E-state index contributed by atoms with van der Waals surface area (Å²) in [5.41, 5.74) is 3.12. The molecule has 0 saturated carbocycles. The molecule has 3 heterocycles. The number of aromatic amines is 1. The first-order chi connectivity index (χ1) is 12.1. The molecule has 3 N–H and O–H groups in total. The number of aromatic nitrogens is 1. The van der Waals surface area contributed by atoms with E-state index < -0.39 is 0 Å². The quantitative estimate of drug-likeness (QED) is 0.781. The van der Waals surface area contributed by atoms with E-state index in [1.165, 1.54) is 0 Å². The van der Waals surface area contributed by atoms with Crippen LogP contribution in [0.4, 0.5) is 5.69 Å². The van der Waals surface area contributed by atoms with E-state index in [-0.39, 0.29) is 24.6 Å². The predicted octanol–water partition coefficient (Wildman–Crippen LogP) is 2.05. The van der Waals surface area contributed by atoms with Crippen LogP contribution in [0.5, 0.6) is 0 Å². The number of rotatable bonds is 4. The Morgan fingerprint density at radius 3 is 3.12 bits per heavy atom.